The highest BCUT2D eigenvalue weighted by Gasteiger charge is 2.34. The molecule has 2 aliphatic heterocycles. The number of aliphatic imine (C=N–C) groups is 1. The lowest BCUT2D eigenvalue weighted by Crippen LogP contribution is -2.45. The second-order valence-corrected chi connectivity index (χ2v) is 10.5. The van der Waals surface area contributed by atoms with Gasteiger partial charge in [-0.3, -0.25) is 4.79 Å². The molecule has 0 radical (unpaired) electrons. The molecule has 2 aromatic carbocycles. The molecule has 162 valence electrons. The number of carbonyl (C=O) groups excluding carboxylic acids is 1. The topological polar surface area (TPSA) is 44.7 Å². The number of carbonyl (C=O) groups is 1. The van der Waals surface area contributed by atoms with Gasteiger partial charge in [-0.1, -0.05) is 24.6 Å². The summed E-state index contributed by atoms with van der Waals surface area (Å²) in [6, 6.07) is 10.1. The molecule has 0 saturated carbocycles. The number of hydrogen-bond donors (Lipinski definition) is 1. The number of fused-ring (bicyclic) bond motifs is 1. The highest BCUT2D eigenvalue weighted by atomic mass is 35.5. The predicted octanol–water partition coefficient (Wildman–Crippen LogP) is 6.57. The van der Waals surface area contributed by atoms with Crippen LogP contribution in [-0.4, -0.2) is 23.7 Å². The Hall–Kier alpha value is -2.24. The zero-order valence-electron chi connectivity index (χ0n) is 18.8. The third kappa shape index (κ3) is 4.13. The van der Waals surface area contributed by atoms with Gasteiger partial charge in [-0.2, -0.15) is 0 Å². The number of nitrogens with one attached hydrogen (secondary N) is 1. The van der Waals surface area contributed by atoms with Crippen molar-refractivity contribution in [3.05, 3.63) is 62.5 Å². The molecule has 4 nitrogen and oxygen atoms in total. The number of anilines is 1. The largest absolute Gasteiger partial charge is 0.369 e. The van der Waals surface area contributed by atoms with Crippen molar-refractivity contribution >= 4 is 51.9 Å². The first kappa shape index (κ1) is 22.0. The van der Waals surface area contributed by atoms with Crippen molar-refractivity contribution in [2.24, 2.45) is 4.99 Å². The molecule has 31 heavy (non-hydrogen) atoms. The number of thioether (sulfide) groups is 1. The van der Waals surface area contributed by atoms with Crippen LogP contribution >= 0.6 is 23.4 Å². The van der Waals surface area contributed by atoms with E-state index in [4.69, 9.17) is 11.6 Å². The first-order valence-electron chi connectivity index (χ1n) is 10.5. The van der Waals surface area contributed by atoms with Gasteiger partial charge in [0.15, 0.2) is 5.17 Å². The molecule has 1 saturated heterocycles. The molecule has 2 aromatic rings. The summed E-state index contributed by atoms with van der Waals surface area (Å²) in [6.07, 6.45) is 3.08. The van der Waals surface area contributed by atoms with Gasteiger partial charge in [0.25, 0.3) is 5.91 Å². The fourth-order valence-electron chi connectivity index (χ4n) is 4.34. The van der Waals surface area contributed by atoms with Crippen LogP contribution in [0.4, 0.5) is 11.4 Å². The molecular weight excluding hydrogens is 426 g/mol. The van der Waals surface area contributed by atoms with Gasteiger partial charge in [0, 0.05) is 23.3 Å². The predicted molar refractivity (Wildman–Crippen MR) is 134 cm³/mol. The van der Waals surface area contributed by atoms with Gasteiger partial charge >= 0.3 is 0 Å². The van der Waals surface area contributed by atoms with Crippen molar-refractivity contribution in [3.63, 3.8) is 0 Å². The molecule has 6 heteroatoms. The van der Waals surface area contributed by atoms with Crippen molar-refractivity contribution < 1.29 is 4.79 Å². The van der Waals surface area contributed by atoms with Crippen LogP contribution in [0.2, 0.25) is 5.02 Å². The van der Waals surface area contributed by atoms with E-state index in [0.29, 0.717) is 21.0 Å². The van der Waals surface area contributed by atoms with Crippen LogP contribution in [0, 0.1) is 13.8 Å². The molecular formula is C25H28ClN3OS. The number of nitrogens with zero attached hydrogens (tertiary/aromatic N) is 2. The standard InChI is InChI=1S/C25H28ClN3OS/c1-14-10-21-18(15(2)13-25(4,5)29(21)6)11-17(14)12-22-23(30)28-24(31-22)27-20-9-7-8-19(26)16(20)3/h7-12,15H,13H2,1-6H3,(H,27,28,30)/b22-12-. The minimum Gasteiger partial charge on any atom is -0.369 e. The van der Waals surface area contributed by atoms with Crippen LogP contribution in [-0.2, 0) is 4.79 Å². The average Bonchev–Trinajstić information content (AvgIpc) is 3.03. The molecule has 1 N–H and O–H groups in total. The van der Waals surface area contributed by atoms with Crippen molar-refractivity contribution in [1.29, 1.82) is 0 Å². The zero-order chi connectivity index (χ0) is 22.5. The van der Waals surface area contributed by atoms with E-state index in [-0.39, 0.29) is 11.4 Å². The Kier molecular flexibility index (Phi) is 5.69. The molecule has 1 atom stereocenters. The normalized spacial score (nSPS) is 22.7. The fourth-order valence-corrected chi connectivity index (χ4v) is 5.33. The van der Waals surface area contributed by atoms with Crippen molar-refractivity contribution in [2.75, 3.05) is 11.9 Å². The summed E-state index contributed by atoms with van der Waals surface area (Å²) in [6.45, 7) is 10.9. The molecule has 1 fully saturated rings. The summed E-state index contributed by atoms with van der Waals surface area (Å²) >= 11 is 7.57. The van der Waals surface area contributed by atoms with E-state index in [9.17, 15) is 4.79 Å². The molecule has 4 rings (SSSR count). The summed E-state index contributed by atoms with van der Waals surface area (Å²) in [7, 11) is 2.17. The van der Waals surface area contributed by atoms with Crippen LogP contribution in [0.15, 0.2) is 40.2 Å². The zero-order valence-corrected chi connectivity index (χ0v) is 20.4. The summed E-state index contributed by atoms with van der Waals surface area (Å²) in [5.74, 6) is 0.346. The molecule has 0 aliphatic carbocycles. The maximum Gasteiger partial charge on any atom is 0.264 e. The summed E-state index contributed by atoms with van der Waals surface area (Å²) in [5, 5.41) is 4.12. The Morgan fingerprint density at radius 3 is 2.77 bits per heavy atom. The number of aryl methyl sites for hydroxylation is 1. The van der Waals surface area contributed by atoms with Gasteiger partial charge in [-0.15, -0.1) is 0 Å². The van der Waals surface area contributed by atoms with Crippen LogP contribution in [0.5, 0.6) is 0 Å². The summed E-state index contributed by atoms with van der Waals surface area (Å²) in [5.41, 5.74) is 6.65. The minimum atomic E-state index is -0.119. The number of benzene rings is 2. The van der Waals surface area contributed by atoms with E-state index in [1.165, 1.54) is 23.0 Å². The van der Waals surface area contributed by atoms with Gasteiger partial charge in [-0.05, 0) is 104 Å². The van der Waals surface area contributed by atoms with Crippen molar-refractivity contribution in [2.45, 2.75) is 52.5 Å². The first-order valence-corrected chi connectivity index (χ1v) is 11.7. The van der Waals surface area contributed by atoms with E-state index in [2.05, 4.69) is 62.1 Å². The number of hydrogen-bond acceptors (Lipinski definition) is 4. The van der Waals surface area contributed by atoms with E-state index in [0.717, 1.165) is 28.8 Å². The Bertz CT molecular complexity index is 1140. The van der Waals surface area contributed by atoms with Crippen LogP contribution in [0.1, 0.15) is 55.4 Å². The van der Waals surface area contributed by atoms with Gasteiger partial charge in [0.2, 0.25) is 0 Å². The molecule has 0 spiro atoms. The highest BCUT2D eigenvalue weighted by Crippen LogP contribution is 2.44. The van der Waals surface area contributed by atoms with Crippen LogP contribution in [0.3, 0.4) is 0 Å². The van der Waals surface area contributed by atoms with Gasteiger partial charge < -0.3 is 10.2 Å². The number of rotatable bonds is 2. The SMILES string of the molecule is Cc1cc2c(cc1/C=C1\SC(=Nc3cccc(Cl)c3C)NC1=O)C(C)CC(C)(C)N2C. The quantitative estimate of drug-likeness (QED) is 0.523. The Morgan fingerprint density at radius 2 is 2.03 bits per heavy atom. The van der Waals surface area contributed by atoms with Gasteiger partial charge in [0.1, 0.15) is 0 Å². The summed E-state index contributed by atoms with van der Waals surface area (Å²) in [4.78, 5) is 20.3. The molecule has 2 heterocycles. The van der Waals surface area contributed by atoms with Crippen molar-refractivity contribution in [1.82, 2.24) is 5.32 Å². The summed E-state index contributed by atoms with van der Waals surface area (Å²) < 4.78 is 0. The maximum atomic E-state index is 12.6. The number of amidine groups is 1. The molecule has 1 unspecified atom stereocenters. The minimum absolute atomic E-state index is 0.119. The fraction of sp³-hybridized carbons (Fsp3) is 0.360. The third-order valence-corrected chi connectivity index (χ3v) is 7.74. The lowest BCUT2D eigenvalue weighted by molar-refractivity contribution is -0.115. The first-order chi connectivity index (χ1) is 14.6. The lowest BCUT2D eigenvalue weighted by atomic mass is 9.79. The van der Waals surface area contributed by atoms with E-state index in [1.807, 2.05) is 31.2 Å². The monoisotopic (exact) mass is 453 g/mol. The highest BCUT2D eigenvalue weighted by molar-refractivity contribution is 8.18. The van der Waals surface area contributed by atoms with E-state index in [1.54, 1.807) is 0 Å². The smallest absolute Gasteiger partial charge is 0.264 e. The van der Waals surface area contributed by atoms with Gasteiger partial charge in [-0.25, -0.2) is 4.99 Å². The number of amides is 1. The average molecular weight is 454 g/mol. The molecule has 2 aliphatic rings. The maximum absolute atomic E-state index is 12.6. The van der Waals surface area contributed by atoms with Gasteiger partial charge in [0.05, 0.1) is 10.6 Å². The van der Waals surface area contributed by atoms with Crippen LogP contribution in [0.25, 0.3) is 6.08 Å². The Morgan fingerprint density at radius 1 is 1.29 bits per heavy atom. The van der Waals surface area contributed by atoms with E-state index >= 15 is 0 Å². The number of halogens is 1. The second-order valence-electron chi connectivity index (χ2n) is 9.11. The Labute approximate surface area is 193 Å². The molecule has 1 amide bonds. The second kappa shape index (κ2) is 8.03. The lowest BCUT2D eigenvalue weighted by Gasteiger charge is -2.45. The third-order valence-electron chi connectivity index (χ3n) is 6.42. The molecule has 0 aromatic heterocycles. The van der Waals surface area contributed by atoms with Crippen molar-refractivity contribution in [3.8, 4) is 0 Å². The Balaban J connectivity index is 1.67. The van der Waals surface area contributed by atoms with Crippen LogP contribution < -0.4 is 10.2 Å². The molecule has 0 bridgehead atoms. The van der Waals surface area contributed by atoms with E-state index < -0.39 is 0 Å².